The number of aromatic nitrogens is 2. The summed E-state index contributed by atoms with van der Waals surface area (Å²) in [7, 11) is -0.265. The molecular formula is C15H22N4O3S. The van der Waals surface area contributed by atoms with Crippen molar-refractivity contribution in [1.82, 2.24) is 13.4 Å². The normalized spacial score (nSPS) is 23.0. The second-order valence-electron chi connectivity index (χ2n) is 6.65. The maximum atomic E-state index is 12.9. The summed E-state index contributed by atoms with van der Waals surface area (Å²) < 4.78 is 30.2. The summed E-state index contributed by atoms with van der Waals surface area (Å²) in [6.07, 6.45) is 0.759. The minimum absolute atomic E-state index is 0.170. The van der Waals surface area contributed by atoms with E-state index in [4.69, 9.17) is 5.73 Å². The molecule has 0 bridgehead atoms. The SMILES string of the molecule is Cn1c(=O)n(C)c2cc(S(=O)(=O)N3CCC(C)(CN)C3)ccc21. The van der Waals surface area contributed by atoms with E-state index in [1.807, 2.05) is 6.92 Å². The third kappa shape index (κ3) is 2.41. The van der Waals surface area contributed by atoms with Crippen LogP contribution in [0.25, 0.3) is 11.0 Å². The molecule has 0 radical (unpaired) electrons. The highest BCUT2D eigenvalue weighted by molar-refractivity contribution is 7.89. The number of hydrogen-bond acceptors (Lipinski definition) is 4. The van der Waals surface area contributed by atoms with Crippen molar-refractivity contribution in [2.45, 2.75) is 18.2 Å². The molecule has 0 aliphatic carbocycles. The number of nitrogens with two attached hydrogens (primary N) is 1. The van der Waals surface area contributed by atoms with Gasteiger partial charge in [0.25, 0.3) is 0 Å². The molecular weight excluding hydrogens is 316 g/mol. The van der Waals surface area contributed by atoms with Crippen LogP contribution in [0.3, 0.4) is 0 Å². The minimum atomic E-state index is -3.58. The summed E-state index contributed by atoms with van der Waals surface area (Å²) in [6, 6.07) is 4.82. The van der Waals surface area contributed by atoms with E-state index in [-0.39, 0.29) is 16.0 Å². The highest BCUT2D eigenvalue weighted by Crippen LogP contribution is 2.33. The standard InChI is InChI=1S/C15H22N4O3S/c1-15(9-16)6-7-19(10-15)23(21,22)11-4-5-12-13(8-11)18(3)14(20)17(12)2/h4-5,8H,6-7,9-10,16H2,1-3H3. The Morgan fingerprint density at radius 3 is 2.48 bits per heavy atom. The first kappa shape index (κ1) is 16.2. The molecule has 1 aliphatic rings. The van der Waals surface area contributed by atoms with Gasteiger partial charge in [-0.2, -0.15) is 4.31 Å². The number of aryl methyl sites for hydroxylation is 2. The van der Waals surface area contributed by atoms with E-state index < -0.39 is 10.0 Å². The highest BCUT2D eigenvalue weighted by Gasteiger charge is 2.39. The summed E-state index contributed by atoms with van der Waals surface area (Å²) in [5, 5.41) is 0. The van der Waals surface area contributed by atoms with Gasteiger partial charge in [0.2, 0.25) is 10.0 Å². The number of imidazole rings is 1. The molecule has 1 fully saturated rings. The van der Waals surface area contributed by atoms with Crippen LogP contribution in [0.5, 0.6) is 0 Å². The van der Waals surface area contributed by atoms with Gasteiger partial charge in [-0.15, -0.1) is 0 Å². The van der Waals surface area contributed by atoms with Gasteiger partial charge < -0.3 is 5.73 Å². The van der Waals surface area contributed by atoms with Gasteiger partial charge >= 0.3 is 5.69 Å². The Morgan fingerprint density at radius 1 is 1.22 bits per heavy atom. The molecule has 8 heteroatoms. The lowest BCUT2D eigenvalue weighted by Crippen LogP contribution is -2.34. The van der Waals surface area contributed by atoms with Crippen molar-refractivity contribution >= 4 is 21.1 Å². The van der Waals surface area contributed by atoms with E-state index in [0.29, 0.717) is 30.7 Å². The topological polar surface area (TPSA) is 90.3 Å². The summed E-state index contributed by atoms with van der Waals surface area (Å²) in [4.78, 5) is 12.2. The van der Waals surface area contributed by atoms with Gasteiger partial charge in [-0.3, -0.25) is 9.13 Å². The number of sulfonamides is 1. The van der Waals surface area contributed by atoms with Crippen molar-refractivity contribution in [1.29, 1.82) is 0 Å². The van der Waals surface area contributed by atoms with Crippen molar-refractivity contribution in [3.8, 4) is 0 Å². The second kappa shape index (κ2) is 5.19. The molecule has 0 amide bonds. The molecule has 3 rings (SSSR count). The van der Waals surface area contributed by atoms with Gasteiger partial charge in [-0.1, -0.05) is 6.92 Å². The van der Waals surface area contributed by atoms with Crippen molar-refractivity contribution < 1.29 is 8.42 Å². The molecule has 1 aromatic heterocycles. The largest absolute Gasteiger partial charge is 0.330 e. The number of nitrogens with zero attached hydrogens (tertiary/aromatic N) is 3. The van der Waals surface area contributed by atoms with Crippen LogP contribution in [-0.2, 0) is 24.1 Å². The maximum Gasteiger partial charge on any atom is 0.328 e. The Balaban J connectivity index is 2.06. The predicted molar refractivity (Wildman–Crippen MR) is 88.7 cm³/mol. The van der Waals surface area contributed by atoms with E-state index in [1.165, 1.54) is 13.4 Å². The third-order valence-corrected chi connectivity index (χ3v) is 6.74. The Morgan fingerprint density at radius 2 is 1.87 bits per heavy atom. The Labute approximate surface area is 135 Å². The number of hydrogen-bond donors (Lipinski definition) is 1. The fourth-order valence-corrected chi connectivity index (χ4v) is 4.76. The van der Waals surface area contributed by atoms with Crippen LogP contribution in [0.2, 0.25) is 0 Å². The van der Waals surface area contributed by atoms with Gasteiger partial charge in [0.05, 0.1) is 15.9 Å². The molecule has 2 aromatic rings. The molecule has 1 aromatic carbocycles. The molecule has 126 valence electrons. The van der Waals surface area contributed by atoms with Crippen LogP contribution < -0.4 is 11.4 Å². The van der Waals surface area contributed by atoms with Crippen LogP contribution >= 0.6 is 0 Å². The summed E-state index contributed by atoms with van der Waals surface area (Å²) in [5.74, 6) is 0. The lowest BCUT2D eigenvalue weighted by molar-refractivity contribution is 0.349. The summed E-state index contributed by atoms with van der Waals surface area (Å²) in [5.41, 5.74) is 6.74. The maximum absolute atomic E-state index is 12.9. The van der Waals surface area contributed by atoms with E-state index >= 15 is 0 Å². The van der Waals surface area contributed by atoms with Gasteiger partial charge in [-0.05, 0) is 36.6 Å². The first-order chi connectivity index (χ1) is 10.7. The van der Waals surface area contributed by atoms with Crippen molar-refractivity contribution in [2.75, 3.05) is 19.6 Å². The lowest BCUT2D eigenvalue weighted by Gasteiger charge is -2.22. The summed E-state index contributed by atoms with van der Waals surface area (Å²) >= 11 is 0. The van der Waals surface area contributed by atoms with Gasteiger partial charge in [-0.25, -0.2) is 13.2 Å². The first-order valence-electron chi connectivity index (χ1n) is 7.55. The van der Waals surface area contributed by atoms with Crippen LogP contribution in [-0.4, -0.2) is 41.5 Å². The molecule has 1 aliphatic heterocycles. The lowest BCUT2D eigenvalue weighted by atomic mass is 9.90. The number of rotatable bonds is 3. The molecule has 1 atom stereocenters. The van der Waals surface area contributed by atoms with Crippen molar-refractivity contribution in [2.24, 2.45) is 25.2 Å². The van der Waals surface area contributed by atoms with E-state index in [2.05, 4.69) is 0 Å². The molecule has 2 heterocycles. The number of fused-ring (bicyclic) bond motifs is 1. The van der Waals surface area contributed by atoms with Crippen LogP contribution in [0.4, 0.5) is 0 Å². The van der Waals surface area contributed by atoms with E-state index in [1.54, 1.807) is 32.3 Å². The molecule has 0 spiro atoms. The Kier molecular flexibility index (Phi) is 3.66. The molecule has 1 saturated heterocycles. The molecule has 0 saturated carbocycles. The monoisotopic (exact) mass is 338 g/mol. The molecule has 2 N–H and O–H groups in total. The Bertz CT molecular complexity index is 928. The van der Waals surface area contributed by atoms with Crippen LogP contribution in [0.15, 0.2) is 27.9 Å². The zero-order chi connectivity index (χ0) is 17.0. The van der Waals surface area contributed by atoms with Crippen molar-refractivity contribution in [3.63, 3.8) is 0 Å². The summed E-state index contributed by atoms with van der Waals surface area (Å²) in [6.45, 7) is 3.37. The third-order valence-electron chi connectivity index (χ3n) is 4.90. The average molecular weight is 338 g/mol. The quantitative estimate of drug-likeness (QED) is 0.868. The zero-order valence-electron chi connectivity index (χ0n) is 13.6. The fourth-order valence-electron chi connectivity index (χ4n) is 3.15. The molecule has 1 unspecified atom stereocenters. The van der Waals surface area contributed by atoms with E-state index in [0.717, 1.165) is 6.42 Å². The highest BCUT2D eigenvalue weighted by atomic mass is 32.2. The smallest absolute Gasteiger partial charge is 0.328 e. The minimum Gasteiger partial charge on any atom is -0.330 e. The molecule has 7 nitrogen and oxygen atoms in total. The van der Waals surface area contributed by atoms with Gasteiger partial charge in [0, 0.05) is 27.2 Å². The predicted octanol–water partition coefficient (Wildman–Crippen LogP) is 0.236. The van der Waals surface area contributed by atoms with Crippen molar-refractivity contribution in [3.05, 3.63) is 28.7 Å². The van der Waals surface area contributed by atoms with E-state index in [9.17, 15) is 13.2 Å². The number of benzene rings is 1. The first-order valence-corrected chi connectivity index (χ1v) is 8.99. The zero-order valence-corrected chi connectivity index (χ0v) is 14.4. The van der Waals surface area contributed by atoms with Gasteiger partial charge in [0.1, 0.15) is 0 Å². The molecule has 23 heavy (non-hydrogen) atoms. The van der Waals surface area contributed by atoms with Crippen LogP contribution in [0, 0.1) is 5.41 Å². The average Bonchev–Trinajstić information content (AvgIpc) is 3.04. The van der Waals surface area contributed by atoms with Gasteiger partial charge in [0.15, 0.2) is 0 Å². The second-order valence-corrected chi connectivity index (χ2v) is 8.59. The fraction of sp³-hybridized carbons (Fsp3) is 0.533. The van der Waals surface area contributed by atoms with Crippen LogP contribution in [0.1, 0.15) is 13.3 Å². The Hall–Kier alpha value is -1.64.